The van der Waals surface area contributed by atoms with E-state index in [9.17, 15) is 29.7 Å². The van der Waals surface area contributed by atoms with Crippen molar-refractivity contribution < 1.29 is 29.7 Å². The molecule has 0 bridgehead atoms. The average Bonchev–Trinajstić information content (AvgIpc) is 2.64. The van der Waals surface area contributed by atoms with Crippen LogP contribution in [-0.4, -0.2) is 38.3 Å². The first kappa shape index (κ1) is 22.5. The van der Waals surface area contributed by atoms with Gasteiger partial charge in [-0.1, -0.05) is 45.4 Å². The normalized spacial score (nSPS) is 34.4. The minimum Gasteiger partial charge on any atom is -0.507 e. The number of phenolic OH excluding ortho intramolecular Hbond substituents is 1. The van der Waals surface area contributed by atoms with Crippen LogP contribution in [0.4, 0.5) is 0 Å². The molecule has 0 spiro atoms. The Bertz CT molecular complexity index is 1150. The lowest BCUT2D eigenvalue weighted by Crippen LogP contribution is -2.70. The van der Waals surface area contributed by atoms with Gasteiger partial charge >= 0.3 is 0 Å². The zero-order valence-electron chi connectivity index (χ0n) is 19.4. The second-order valence-electron chi connectivity index (χ2n) is 10.6. The Morgan fingerprint density at radius 2 is 1.75 bits per heavy atom. The number of aliphatic hydroxyl groups excluding tert-OH is 1. The smallest absolute Gasteiger partial charge is 0.206 e. The fourth-order valence-corrected chi connectivity index (χ4v) is 7.20. The van der Waals surface area contributed by atoms with Crippen LogP contribution in [0.25, 0.3) is 5.76 Å². The third kappa shape index (κ3) is 2.47. The van der Waals surface area contributed by atoms with Crippen LogP contribution in [0.2, 0.25) is 0 Å². The van der Waals surface area contributed by atoms with E-state index >= 15 is 0 Å². The number of fused-ring (bicyclic) bond motifs is 3. The Labute approximate surface area is 187 Å². The number of rotatable bonds is 2. The summed E-state index contributed by atoms with van der Waals surface area (Å²) in [6.07, 6.45) is 0.628. The second-order valence-corrected chi connectivity index (χ2v) is 10.6. The molecule has 6 heteroatoms. The molecule has 1 aromatic carbocycles. The maximum Gasteiger partial charge on any atom is 0.206 e. The molecule has 3 N–H and O–H groups in total. The van der Waals surface area contributed by atoms with E-state index in [1.165, 1.54) is 13.0 Å². The number of phenols is 1. The van der Waals surface area contributed by atoms with E-state index in [0.29, 0.717) is 17.6 Å². The maximum atomic E-state index is 14.0. The lowest BCUT2D eigenvalue weighted by atomic mass is 9.42. The van der Waals surface area contributed by atoms with Crippen LogP contribution in [0, 0.1) is 22.7 Å². The number of ketones is 3. The second kappa shape index (κ2) is 6.64. The third-order valence-electron chi connectivity index (χ3n) is 8.05. The van der Waals surface area contributed by atoms with E-state index in [1.807, 2.05) is 20.8 Å². The fourth-order valence-electron chi connectivity index (χ4n) is 7.20. The monoisotopic (exact) mass is 438 g/mol. The largest absolute Gasteiger partial charge is 0.507 e. The maximum absolute atomic E-state index is 14.0. The van der Waals surface area contributed by atoms with Gasteiger partial charge in [-0.15, -0.1) is 0 Å². The molecule has 0 radical (unpaired) electrons. The van der Waals surface area contributed by atoms with Gasteiger partial charge in [-0.05, 0) is 50.2 Å². The zero-order valence-corrected chi connectivity index (χ0v) is 19.4. The van der Waals surface area contributed by atoms with Gasteiger partial charge in [0, 0.05) is 16.4 Å². The molecule has 0 aromatic heterocycles. The van der Waals surface area contributed by atoms with Crippen molar-refractivity contribution in [3.8, 4) is 5.75 Å². The average molecular weight is 439 g/mol. The summed E-state index contributed by atoms with van der Waals surface area (Å²) < 4.78 is 0. The van der Waals surface area contributed by atoms with E-state index in [-0.39, 0.29) is 40.7 Å². The molecule has 6 nitrogen and oxygen atoms in total. The van der Waals surface area contributed by atoms with E-state index in [4.69, 9.17) is 0 Å². The topological polar surface area (TPSA) is 112 Å². The van der Waals surface area contributed by atoms with Gasteiger partial charge in [0.05, 0.1) is 11.1 Å². The molecule has 1 saturated carbocycles. The Morgan fingerprint density at radius 3 is 2.31 bits per heavy atom. The van der Waals surface area contributed by atoms with E-state index in [0.717, 1.165) is 0 Å². The molecular formula is C26H30O6. The predicted octanol–water partition coefficient (Wildman–Crippen LogP) is 3.69. The van der Waals surface area contributed by atoms with Crippen molar-refractivity contribution in [2.45, 2.75) is 60.0 Å². The van der Waals surface area contributed by atoms with Crippen molar-refractivity contribution in [1.82, 2.24) is 0 Å². The molecule has 3 aliphatic carbocycles. The summed E-state index contributed by atoms with van der Waals surface area (Å²) in [4.78, 5) is 40.1. The number of benzene rings is 1. The Hall–Kier alpha value is -2.73. The Balaban J connectivity index is 2.07. The molecule has 4 rings (SSSR count). The number of aromatic hydroxyl groups is 1. The predicted molar refractivity (Wildman–Crippen MR) is 119 cm³/mol. The van der Waals surface area contributed by atoms with Crippen molar-refractivity contribution in [3.63, 3.8) is 0 Å². The highest BCUT2D eigenvalue weighted by atomic mass is 16.3. The lowest BCUT2D eigenvalue weighted by Gasteiger charge is -2.60. The van der Waals surface area contributed by atoms with E-state index in [1.54, 1.807) is 26.0 Å². The molecule has 0 saturated heterocycles. The standard InChI is InChI=1S/C26H30O6/c1-12(2)19-13(3)17(14(4)27)22(30)26(32)23(31)20-21(29)18-15(8-7-9-16(18)28)10-24(20,5)11-25(19,26)6/h7-9,12,19,28-29,32H,10-11H2,1-6H3/t19-,24+,25+,26-/m1/s1. The Morgan fingerprint density at radius 1 is 1.12 bits per heavy atom. The number of allylic oxidation sites excluding steroid dienone is 1. The highest BCUT2D eigenvalue weighted by Crippen LogP contribution is 2.64. The number of carbonyl (C=O) groups excluding carboxylic acids is 3. The van der Waals surface area contributed by atoms with Crippen molar-refractivity contribution in [3.05, 3.63) is 46.0 Å². The molecule has 0 heterocycles. The molecular weight excluding hydrogens is 408 g/mol. The van der Waals surface area contributed by atoms with E-state index < -0.39 is 39.5 Å². The summed E-state index contributed by atoms with van der Waals surface area (Å²) in [6, 6.07) is 4.91. The summed E-state index contributed by atoms with van der Waals surface area (Å²) in [6.45, 7) is 10.5. The highest BCUT2D eigenvalue weighted by molar-refractivity contribution is 6.33. The van der Waals surface area contributed by atoms with Crippen LogP contribution in [0.15, 0.2) is 34.9 Å². The van der Waals surface area contributed by atoms with Gasteiger partial charge in [0.1, 0.15) is 11.5 Å². The van der Waals surface area contributed by atoms with Crippen molar-refractivity contribution in [2.75, 3.05) is 0 Å². The fraction of sp³-hybridized carbons (Fsp3) is 0.500. The number of Topliss-reactive ketones (excluding diaryl/α,β-unsaturated/α-hetero) is 3. The Kier molecular flexibility index (Phi) is 4.66. The molecule has 1 aromatic rings. The SMILES string of the molecule is CC(=O)C1=C(C)[C@@H](C(C)C)[C@]2(C)C[C@]3(C)Cc4cccc(O)c4C(O)=C3C(=O)[C@]2(O)C1=O. The highest BCUT2D eigenvalue weighted by Gasteiger charge is 2.71. The summed E-state index contributed by atoms with van der Waals surface area (Å²) in [5.41, 5.74) is -3.22. The molecule has 0 unspecified atom stereocenters. The summed E-state index contributed by atoms with van der Waals surface area (Å²) in [5, 5.41) is 33.5. The van der Waals surface area contributed by atoms with Gasteiger partial charge in [0.15, 0.2) is 11.4 Å². The lowest BCUT2D eigenvalue weighted by molar-refractivity contribution is -0.180. The number of carbonyl (C=O) groups is 3. The van der Waals surface area contributed by atoms with Crippen molar-refractivity contribution >= 4 is 23.1 Å². The molecule has 32 heavy (non-hydrogen) atoms. The first-order valence-electron chi connectivity index (χ1n) is 11.0. The molecule has 4 atom stereocenters. The zero-order chi connectivity index (χ0) is 24.0. The van der Waals surface area contributed by atoms with Crippen LogP contribution < -0.4 is 0 Å². The summed E-state index contributed by atoms with van der Waals surface area (Å²) >= 11 is 0. The first-order valence-corrected chi connectivity index (χ1v) is 11.0. The van der Waals surface area contributed by atoms with Gasteiger partial charge in [0.2, 0.25) is 11.6 Å². The van der Waals surface area contributed by atoms with Crippen LogP contribution in [0.1, 0.15) is 59.1 Å². The molecule has 1 fully saturated rings. The van der Waals surface area contributed by atoms with Crippen LogP contribution in [-0.2, 0) is 20.8 Å². The van der Waals surface area contributed by atoms with Gasteiger partial charge in [-0.3, -0.25) is 14.4 Å². The van der Waals surface area contributed by atoms with Crippen LogP contribution in [0.3, 0.4) is 0 Å². The van der Waals surface area contributed by atoms with Crippen LogP contribution in [0.5, 0.6) is 5.75 Å². The van der Waals surface area contributed by atoms with Crippen LogP contribution >= 0.6 is 0 Å². The number of hydrogen-bond donors (Lipinski definition) is 3. The van der Waals surface area contributed by atoms with E-state index in [2.05, 4.69) is 0 Å². The minimum absolute atomic E-state index is 0.0511. The minimum atomic E-state index is -2.48. The van der Waals surface area contributed by atoms with Gasteiger partial charge in [-0.25, -0.2) is 0 Å². The van der Waals surface area contributed by atoms with Crippen molar-refractivity contribution in [2.24, 2.45) is 22.7 Å². The van der Waals surface area contributed by atoms with Gasteiger partial charge in [-0.2, -0.15) is 0 Å². The third-order valence-corrected chi connectivity index (χ3v) is 8.05. The molecule has 0 aliphatic heterocycles. The molecule has 3 aliphatic rings. The first-order chi connectivity index (χ1) is 14.7. The molecule has 170 valence electrons. The summed E-state index contributed by atoms with van der Waals surface area (Å²) in [7, 11) is 0. The van der Waals surface area contributed by atoms with Gasteiger partial charge < -0.3 is 15.3 Å². The quantitative estimate of drug-likeness (QED) is 0.480. The summed E-state index contributed by atoms with van der Waals surface area (Å²) in [5.74, 6) is -3.27. The number of aliphatic hydroxyl groups is 2. The van der Waals surface area contributed by atoms with Crippen molar-refractivity contribution in [1.29, 1.82) is 0 Å². The number of hydrogen-bond acceptors (Lipinski definition) is 6. The molecule has 0 amide bonds. The van der Waals surface area contributed by atoms with Gasteiger partial charge in [0.25, 0.3) is 0 Å².